The average Bonchev–Trinajstić information content (AvgIpc) is 3.00. The van der Waals surface area contributed by atoms with Crippen molar-refractivity contribution in [3.8, 4) is 0 Å². The Bertz CT molecular complexity index is 857. The number of H-pyrrole nitrogens is 1. The summed E-state index contributed by atoms with van der Waals surface area (Å²) in [6.07, 6.45) is -1.48. The van der Waals surface area contributed by atoms with Crippen LogP contribution in [0.25, 0.3) is 10.9 Å². The van der Waals surface area contributed by atoms with Gasteiger partial charge in [-0.3, -0.25) is 14.9 Å². The van der Waals surface area contributed by atoms with E-state index in [1.165, 1.54) is 24.5 Å². The van der Waals surface area contributed by atoms with Gasteiger partial charge < -0.3 is 5.32 Å². The first-order valence-electron chi connectivity index (χ1n) is 6.67. The zero-order valence-corrected chi connectivity index (χ0v) is 11.7. The molecule has 0 fully saturated rings. The quantitative estimate of drug-likeness (QED) is 0.779. The van der Waals surface area contributed by atoms with Crippen molar-refractivity contribution in [3.05, 3.63) is 59.5 Å². The Morgan fingerprint density at radius 2 is 2.09 bits per heavy atom. The monoisotopic (exact) mass is 320 g/mol. The highest BCUT2D eigenvalue weighted by atomic mass is 19.4. The number of rotatable bonds is 3. The lowest BCUT2D eigenvalue weighted by molar-refractivity contribution is -0.137. The highest BCUT2D eigenvalue weighted by Crippen LogP contribution is 2.29. The Morgan fingerprint density at radius 1 is 1.26 bits per heavy atom. The standard InChI is InChI=1S/C15H11F3N4O/c16-15(17,18)10-3-1-2-9(6-10)7-20-14(23)13-11-8-21-22-12(11)4-5-19-13/h1-6,8H,7H2,(H,20,23)(H,21,22). The number of halogens is 3. The predicted molar refractivity (Wildman–Crippen MR) is 76.5 cm³/mol. The van der Waals surface area contributed by atoms with E-state index >= 15 is 0 Å². The zero-order valence-electron chi connectivity index (χ0n) is 11.7. The number of hydrogen-bond acceptors (Lipinski definition) is 3. The number of pyridine rings is 1. The lowest BCUT2D eigenvalue weighted by atomic mass is 10.1. The third-order valence-corrected chi connectivity index (χ3v) is 3.29. The van der Waals surface area contributed by atoms with E-state index in [4.69, 9.17) is 0 Å². The molecule has 0 aliphatic rings. The van der Waals surface area contributed by atoms with Crippen LogP contribution in [0.15, 0.2) is 42.7 Å². The lowest BCUT2D eigenvalue weighted by Gasteiger charge is -2.09. The molecule has 8 heteroatoms. The van der Waals surface area contributed by atoms with E-state index in [0.29, 0.717) is 16.5 Å². The van der Waals surface area contributed by atoms with Crippen LogP contribution in [0.4, 0.5) is 13.2 Å². The molecule has 1 amide bonds. The van der Waals surface area contributed by atoms with E-state index in [1.54, 1.807) is 6.07 Å². The number of benzene rings is 1. The van der Waals surface area contributed by atoms with Crippen LogP contribution in [0.3, 0.4) is 0 Å². The maximum absolute atomic E-state index is 12.7. The number of carbonyl (C=O) groups is 1. The molecule has 0 radical (unpaired) electrons. The maximum atomic E-state index is 12.7. The number of hydrogen-bond donors (Lipinski definition) is 2. The molecule has 2 N–H and O–H groups in total. The third kappa shape index (κ3) is 3.15. The molecule has 2 aromatic heterocycles. The van der Waals surface area contributed by atoms with Crippen LogP contribution >= 0.6 is 0 Å². The van der Waals surface area contributed by atoms with Gasteiger partial charge in [0, 0.05) is 12.7 Å². The number of amides is 1. The number of alkyl halides is 3. The Morgan fingerprint density at radius 3 is 2.87 bits per heavy atom. The smallest absolute Gasteiger partial charge is 0.347 e. The molecule has 0 unspecified atom stereocenters. The van der Waals surface area contributed by atoms with Crippen molar-refractivity contribution >= 4 is 16.8 Å². The summed E-state index contributed by atoms with van der Waals surface area (Å²) in [7, 11) is 0. The molecule has 3 rings (SSSR count). The number of aromatic amines is 1. The summed E-state index contributed by atoms with van der Waals surface area (Å²) in [4.78, 5) is 16.2. The van der Waals surface area contributed by atoms with Crippen LogP contribution in [-0.2, 0) is 12.7 Å². The number of nitrogens with zero attached hydrogens (tertiary/aromatic N) is 2. The first-order chi connectivity index (χ1) is 10.9. The van der Waals surface area contributed by atoms with E-state index in [9.17, 15) is 18.0 Å². The molecule has 0 saturated heterocycles. The highest BCUT2D eigenvalue weighted by Gasteiger charge is 2.30. The molecule has 23 heavy (non-hydrogen) atoms. The molecule has 118 valence electrons. The summed E-state index contributed by atoms with van der Waals surface area (Å²) in [5.41, 5.74) is 0.430. The molecule has 0 aliphatic carbocycles. The minimum atomic E-state index is -4.41. The van der Waals surface area contributed by atoms with Crippen molar-refractivity contribution in [1.29, 1.82) is 0 Å². The van der Waals surface area contributed by atoms with Gasteiger partial charge in [-0.05, 0) is 23.8 Å². The van der Waals surface area contributed by atoms with E-state index < -0.39 is 17.6 Å². The summed E-state index contributed by atoms with van der Waals surface area (Å²) < 4.78 is 38.0. The van der Waals surface area contributed by atoms with Gasteiger partial charge in [0.05, 0.1) is 22.7 Å². The average molecular weight is 320 g/mol. The van der Waals surface area contributed by atoms with Gasteiger partial charge in [0.25, 0.3) is 5.91 Å². The SMILES string of the molecule is O=C(NCc1cccc(C(F)(F)F)c1)c1nccc2[nH]ncc12. The predicted octanol–water partition coefficient (Wildman–Crippen LogP) is 2.91. The van der Waals surface area contributed by atoms with E-state index in [2.05, 4.69) is 20.5 Å². The lowest BCUT2D eigenvalue weighted by Crippen LogP contribution is -2.24. The van der Waals surface area contributed by atoms with Crippen LogP contribution in [0.1, 0.15) is 21.6 Å². The molecular formula is C15H11F3N4O. The molecule has 0 spiro atoms. The van der Waals surface area contributed by atoms with Crippen molar-refractivity contribution in [3.63, 3.8) is 0 Å². The summed E-state index contributed by atoms with van der Waals surface area (Å²) in [5, 5.41) is 9.66. The molecule has 5 nitrogen and oxygen atoms in total. The number of fused-ring (bicyclic) bond motifs is 1. The van der Waals surface area contributed by atoms with Crippen LogP contribution in [0.2, 0.25) is 0 Å². The maximum Gasteiger partial charge on any atom is 0.416 e. The fourth-order valence-corrected chi connectivity index (χ4v) is 2.17. The fraction of sp³-hybridized carbons (Fsp3) is 0.133. The number of aromatic nitrogens is 3. The summed E-state index contributed by atoms with van der Waals surface area (Å²) in [5.74, 6) is -0.477. The Labute approximate surface area is 128 Å². The normalized spacial score (nSPS) is 11.6. The second-order valence-electron chi connectivity index (χ2n) is 4.87. The topological polar surface area (TPSA) is 70.7 Å². The van der Waals surface area contributed by atoms with E-state index in [1.807, 2.05) is 0 Å². The van der Waals surface area contributed by atoms with E-state index in [-0.39, 0.29) is 12.2 Å². The van der Waals surface area contributed by atoms with Crippen molar-refractivity contribution in [2.45, 2.75) is 12.7 Å². The molecule has 3 aromatic rings. The minimum absolute atomic E-state index is 0.0291. The van der Waals surface area contributed by atoms with Crippen molar-refractivity contribution in [1.82, 2.24) is 20.5 Å². The van der Waals surface area contributed by atoms with Gasteiger partial charge >= 0.3 is 6.18 Å². The molecule has 0 atom stereocenters. The van der Waals surface area contributed by atoms with Gasteiger partial charge in [-0.2, -0.15) is 18.3 Å². The Balaban J connectivity index is 1.76. The van der Waals surface area contributed by atoms with Crippen molar-refractivity contribution in [2.24, 2.45) is 0 Å². The van der Waals surface area contributed by atoms with Gasteiger partial charge in [-0.25, -0.2) is 0 Å². The Hall–Kier alpha value is -2.90. The molecule has 2 heterocycles. The van der Waals surface area contributed by atoms with Crippen molar-refractivity contribution in [2.75, 3.05) is 0 Å². The Kier molecular flexibility index (Phi) is 3.73. The summed E-state index contributed by atoms with van der Waals surface area (Å²) in [6, 6.07) is 6.48. The molecule has 0 bridgehead atoms. The minimum Gasteiger partial charge on any atom is -0.347 e. The highest BCUT2D eigenvalue weighted by molar-refractivity contribution is 6.04. The third-order valence-electron chi connectivity index (χ3n) is 3.29. The first-order valence-corrected chi connectivity index (χ1v) is 6.67. The van der Waals surface area contributed by atoms with Gasteiger partial charge in [0.2, 0.25) is 0 Å². The zero-order chi connectivity index (χ0) is 16.4. The van der Waals surface area contributed by atoms with Gasteiger partial charge in [0.1, 0.15) is 5.69 Å². The summed E-state index contributed by atoms with van der Waals surface area (Å²) in [6.45, 7) is -0.0291. The van der Waals surface area contributed by atoms with Crippen LogP contribution in [0.5, 0.6) is 0 Å². The second-order valence-corrected chi connectivity index (χ2v) is 4.87. The molecule has 0 saturated carbocycles. The van der Waals surface area contributed by atoms with Gasteiger partial charge in [0.15, 0.2) is 0 Å². The molecule has 0 aliphatic heterocycles. The van der Waals surface area contributed by atoms with Gasteiger partial charge in [-0.1, -0.05) is 12.1 Å². The van der Waals surface area contributed by atoms with E-state index in [0.717, 1.165) is 12.1 Å². The van der Waals surface area contributed by atoms with Gasteiger partial charge in [-0.15, -0.1) is 0 Å². The molecule has 1 aromatic carbocycles. The first kappa shape index (κ1) is 15.0. The van der Waals surface area contributed by atoms with Crippen LogP contribution in [0, 0.1) is 0 Å². The number of nitrogens with one attached hydrogen (secondary N) is 2. The summed E-state index contributed by atoms with van der Waals surface area (Å²) >= 11 is 0. The number of carbonyl (C=O) groups excluding carboxylic acids is 1. The fourth-order valence-electron chi connectivity index (χ4n) is 2.17. The van der Waals surface area contributed by atoms with Crippen molar-refractivity contribution < 1.29 is 18.0 Å². The second kappa shape index (κ2) is 5.71. The molecular weight excluding hydrogens is 309 g/mol. The largest absolute Gasteiger partial charge is 0.416 e. The van der Waals surface area contributed by atoms with Crippen LogP contribution < -0.4 is 5.32 Å². The van der Waals surface area contributed by atoms with Crippen LogP contribution in [-0.4, -0.2) is 21.1 Å².